The molecule has 1 fully saturated rings. The topological polar surface area (TPSA) is 118 Å². The van der Waals surface area contributed by atoms with E-state index in [2.05, 4.69) is 10.3 Å². The highest BCUT2D eigenvalue weighted by Crippen LogP contribution is 2.37. The predicted octanol–water partition coefficient (Wildman–Crippen LogP) is 2.68. The van der Waals surface area contributed by atoms with E-state index in [1.165, 1.54) is 24.4 Å². The summed E-state index contributed by atoms with van der Waals surface area (Å²) in [5, 5.41) is 12.7. The van der Waals surface area contributed by atoms with E-state index in [1.807, 2.05) is 6.92 Å². The van der Waals surface area contributed by atoms with Crippen molar-refractivity contribution in [1.82, 2.24) is 4.98 Å². The lowest BCUT2D eigenvalue weighted by Gasteiger charge is -2.34. The van der Waals surface area contributed by atoms with E-state index in [1.54, 1.807) is 12.1 Å². The van der Waals surface area contributed by atoms with Crippen molar-refractivity contribution in [2.45, 2.75) is 30.8 Å². The molecule has 1 aromatic heterocycles. The second-order valence-electron chi connectivity index (χ2n) is 8.19. The minimum atomic E-state index is -4.03. The number of nitrogens with one attached hydrogen (secondary N) is 1. The third kappa shape index (κ3) is 5.08. The van der Waals surface area contributed by atoms with Crippen LogP contribution in [-0.4, -0.2) is 56.9 Å². The highest BCUT2D eigenvalue weighted by Gasteiger charge is 2.36. The molecule has 2 aliphatic rings. The fourth-order valence-electron chi connectivity index (χ4n) is 4.02. The van der Waals surface area contributed by atoms with Gasteiger partial charge in [-0.1, -0.05) is 24.6 Å². The molecule has 178 valence electrons. The summed E-state index contributed by atoms with van der Waals surface area (Å²) in [6.45, 7) is 2.66. The molecule has 1 saturated heterocycles. The summed E-state index contributed by atoms with van der Waals surface area (Å²) in [6.07, 6.45) is 2.27. The number of halogens is 1. The van der Waals surface area contributed by atoms with E-state index in [9.17, 15) is 18.3 Å². The Labute approximate surface area is 197 Å². The van der Waals surface area contributed by atoms with Gasteiger partial charge in [0.25, 0.3) is 10.0 Å². The van der Waals surface area contributed by atoms with Crippen molar-refractivity contribution in [3.8, 4) is 5.88 Å². The van der Waals surface area contributed by atoms with E-state index < -0.39 is 16.1 Å². The Kier molecular flexibility index (Phi) is 7.08. The molecule has 4 rings (SSSR count). The molecular formula is C22H26ClN3O6S. The van der Waals surface area contributed by atoms with Gasteiger partial charge in [0.15, 0.2) is 0 Å². The van der Waals surface area contributed by atoms with Crippen molar-refractivity contribution >= 4 is 38.9 Å². The fourth-order valence-corrected chi connectivity index (χ4v) is 5.81. The Morgan fingerprint density at radius 1 is 1.33 bits per heavy atom. The predicted molar refractivity (Wildman–Crippen MR) is 123 cm³/mol. The smallest absolute Gasteiger partial charge is 0.264 e. The van der Waals surface area contributed by atoms with Crippen molar-refractivity contribution in [1.29, 1.82) is 0 Å². The molecular weight excluding hydrogens is 470 g/mol. The van der Waals surface area contributed by atoms with E-state index in [-0.39, 0.29) is 52.4 Å². The molecule has 11 heteroatoms. The van der Waals surface area contributed by atoms with Gasteiger partial charge in [0.1, 0.15) is 11.8 Å². The van der Waals surface area contributed by atoms with Crippen LogP contribution in [0.25, 0.3) is 0 Å². The minimum Gasteiger partial charge on any atom is -0.468 e. The van der Waals surface area contributed by atoms with Crippen LogP contribution in [0.15, 0.2) is 41.4 Å². The summed E-state index contributed by atoms with van der Waals surface area (Å²) < 4.78 is 39.0. The van der Waals surface area contributed by atoms with Gasteiger partial charge in [0.05, 0.1) is 29.9 Å². The second kappa shape index (κ2) is 9.84. The number of aliphatic hydroxyl groups excluding tert-OH is 1. The first kappa shape index (κ1) is 23.7. The molecule has 2 aliphatic heterocycles. The highest BCUT2D eigenvalue weighted by molar-refractivity contribution is 7.92. The van der Waals surface area contributed by atoms with Gasteiger partial charge in [-0.15, -0.1) is 0 Å². The number of pyridine rings is 1. The maximum atomic E-state index is 13.4. The Balaban J connectivity index is 1.63. The highest BCUT2D eigenvalue weighted by atomic mass is 35.5. The first-order valence-electron chi connectivity index (χ1n) is 10.7. The van der Waals surface area contributed by atoms with Gasteiger partial charge in [0, 0.05) is 24.2 Å². The van der Waals surface area contributed by atoms with Crippen LogP contribution in [0.3, 0.4) is 0 Å². The zero-order valence-electron chi connectivity index (χ0n) is 18.1. The number of fused-ring (bicyclic) bond motifs is 1. The molecule has 1 aromatic carbocycles. The van der Waals surface area contributed by atoms with Crippen LogP contribution in [0.4, 0.5) is 11.4 Å². The number of aliphatic hydroxyl groups is 1. The number of hydrogen-bond acceptors (Lipinski definition) is 7. The normalized spacial score (nSPS) is 20.0. The van der Waals surface area contributed by atoms with Crippen LogP contribution in [0.2, 0.25) is 5.02 Å². The summed E-state index contributed by atoms with van der Waals surface area (Å²) >= 11 is 6.01. The molecule has 0 unspecified atom stereocenters. The molecule has 2 atom stereocenters. The van der Waals surface area contributed by atoms with Gasteiger partial charge in [-0.25, -0.2) is 13.4 Å². The number of hydrogen-bond donors (Lipinski definition) is 2. The van der Waals surface area contributed by atoms with Crippen LogP contribution in [0.1, 0.15) is 19.8 Å². The SMILES string of the molecule is C[C@H](C(=O)Nc1cnc2c(c1)N(S(=O)(=O)c1cccc(Cl)c1)C[C@H](CO)O2)C1CCOCC1. The summed E-state index contributed by atoms with van der Waals surface area (Å²) in [5.74, 6) is -0.122. The molecule has 2 N–H and O–H groups in total. The van der Waals surface area contributed by atoms with Crippen molar-refractivity contribution in [3.63, 3.8) is 0 Å². The molecule has 0 bridgehead atoms. The molecule has 0 aliphatic carbocycles. The lowest BCUT2D eigenvalue weighted by Crippen LogP contribution is -2.45. The zero-order chi connectivity index (χ0) is 23.6. The van der Waals surface area contributed by atoms with Crippen LogP contribution >= 0.6 is 11.6 Å². The number of carbonyl (C=O) groups excluding carboxylic acids is 1. The number of benzene rings is 1. The number of ether oxygens (including phenoxy) is 2. The second-order valence-corrected chi connectivity index (χ2v) is 10.5. The number of anilines is 2. The fraction of sp³-hybridized carbons (Fsp3) is 0.455. The molecule has 0 spiro atoms. The lowest BCUT2D eigenvalue weighted by atomic mass is 9.87. The maximum Gasteiger partial charge on any atom is 0.264 e. The van der Waals surface area contributed by atoms with E-state index in [4.69, 9.17) is 21.1 Å². The first-order valence-corrected chi connectivity index (χ1v) is 12.6. The summed E-state index contributed by atoms with van der Waals surface area (Å²) in [4.78, 5) is 17.0. The molecule has 3 heterocycles. The minimum absolute atomic E-state index is 0.00196. The van der Waals surface area contributed by atoms with Gasteiger partial charge in [-0.3, -0.25) is 9.10 Å². The average molecular weight is 496 g/mol. The van der Waals surface area contributed by atoms with Crippen LogP contribution in [-0.2, 0) is 19.6 Å². The van der Waals surface area contributed by atoms with E-state index >= 15 is 0 Å². The molecule has 1 amide bonds. The summed E-state index contributed by atoms with van der Waals surface area (Å²) in [6, 6.07) is 7.45. The quantitative estimate of drug-likeness (QED) is 0.632. The maximum absolute atomic E-state index is 13.4. The molecule has 0 saturated carbocycles. The number of carbonyl (C=O) groups is 1. The zero-order valence-corrected chi connectivity index (χ0v) is 19.7. The molecule has 9 nitrogen and oxygen atoms in total. The number of rotatable bonds is 6. The summed E-state index contributed by atoms with van der Waals surface area (Å²) in [7, 11) is -4.03. The number of nitrogens with zero attached hydrogens (tertiary/aromatic N) is 2. The van der Waals surface area contributed by atoms with Gasteiger partial charge >= 0.3 is 0 Å². The third-order valence-corrected chi connectivity index (χ3v) is 8.00. The van der Waals surface area contributed by atoms with Gasteiger partial charge in [0.2, 0.25) is 11.8 Å². The van der Waals surface area contributed by atoms with Crippen molar-refractivity contribution in [2.75, 3.05) is 36.0 Å². The third-order valence-electron chi connectivity index (χ3n) is 5.99. The van der Waals surface area contributed by atoms with Gasteiger partial charge < -0.3 is 19.9 Å². The number of aromatic nitrogens is 1. The average Bonchev–Trinajstić information content (AvgIpc) is 2.83. The van der Waals surface area contributed by atoms with Gasteiger partial charge in [-0.2, -0.15) is 0 Å². The lowest BCUT2D eigenvalue weighted by molar-refractivity contribution is -0.122. The molecule has 2 aromatic rings. The summed E-state index contributed by atoms with van der Waals surface area (Å²) in [5.41, 5.74) is 0.534. The number of sulfonamides is 1. The Morgan fingerprint density at radius 3 is 2.79 bits per heavy atom. The van der Waals surface area contributed by atoms with Crippen molar-refractivity contribution in [2.24, 2.45) is 11.8 Å². The van der Waals surface area contributed by atoms with E-state index in [0.717, 1.165) is 17.1 Å². The van der Waals surface area contributed by atoms with E-state index in [0.29, 0.717) is 18.9 Å². The standard InChI is InChI=1S/C22H26ClN3O6S/c1-14(15-5-7-31-8-6-15)21(28)25-17-10-20-22(24-11-17)32-18(13-27)12-26(20)33(29,30)19-4-2-3-16(23)9-19/h2-4,9-11,14-15,18,27H,5-8,12-13H2,1H3,(H,25,28)/t14-,18+/m0/s1. The Bertz CT molecular complexity index is 1120. The molecule has 0 radical (unpaired) electrons. The number of amides is 1. The van der Waals surface area contributed by atoms with Crippen molar-refractivity contribution in [3.05, 3.63) is 41.6 Å². The van der Waals surface area contributed by atoms with Crippen LogP contribution in [0.5, 0.6) is 5.88 Å². The molecule has 33 heavy (non-hydrogen) atoms. The largest absolute Gasteiger partial charge is 0.468 e. The monoisotopic (exact) mass is 495 g/mol. The van der Waals surface area contributed by atoms with Crippen LogP contribution < -0.4 is 14.4 Å². The Morgan fingerprint density at radius 2 is 2.09 bits per heavy atom. The van der Waals surface area contributed by atoms with Crippen molar-refractivity contribution < 1.29 is 27.8 Å². The first-order chi connectivity index (χ1) is 15.8. The Hall–Kier alpha value is -2.40. The van der Waals surface area contributed by atoms with Gasteiger partial charge in [-0.05, 0) is 43.0 Å². The van der Waals surface area contributed by atoms with Crippen LogP contribution in [0, 0.1) is 11.8 Å².